The molecule has 1 aromatic carbocycles. The molecule has 18 heavy (non-hydrogen) atoms. The monoisotopic (exact) mass is 273 g/mol. The molecule has 1 fully saturated rings. The molecule has 0 amide bonds. The Labute approximate surface area is 104 Å². The van der Waals surface area contributed by atoms with Crippen LogP contribution in [0.1, 0.15) is 30.1 Å². The Morgan fingerprint density at radius 2 is 2.06 bits per heavy atom. The highest BCUT2D eigenvalue weighted by molar-refractivity contribution is 7.89. The standard InChI is InChI=1S/C11H12FNO4S/c1-11(4-5-11)13-18(16,17)9-6-7(10(14)15)2-3-8(9)12/h2-3,6,13H,4-5H2,1H3,(H,14,15). The molecule has 0 atom stereocenters. The molecule has 7 heteroatoms. The molecule has 2 rings (SSSR count). The average molecular weight is 273 g/mol. The third-order valence-corrected chi connectivity index (χ3v) is 4.50. The van der Waals surface area contributed by atoms with E-state index >= 15 is 0 Å². The van der Waals surface area contributed by atoms with Crippen LogP contribution in [-0.4, -0.2) is 25.0 Å². The van der Waals surface area contributed by atoms with E-state index in [-0.39, 0.29) is 5.56 Å². The van der Waals surface area contributed by atoms with Crippen molar-refractivity contribution in [3.05, 3.63) is 29.6 Å². The minimum absolute atomic E-state index is 0.266. The number of carbonyl (C=O) groups is 1. The van der Waals surface area contributed by atoms with Gasteiger partial charge in [-0.05, 0) is 38.0 Å². The second-order valence-electron chi connectivity index (χ2n) is 4.62. The first-order chi connectivity index (χ1) is 8.23. The molecule has 5 nitrogen and oxygen atoms in total. The van der Waals surface area contributed by atoms with Crippen LogP contribution in [0.15, 0.2) is 23.1 Å². The smallest absolute Gasteiger partial charge is 0.335 e. The van der Waals surface area contributed by atoms with Gasteiger partial charge in [0.05, 0.1) is 5.56 Å². The quantitative estimate of drug-likeness (QED) is 0.867. The van der Waals surface area contributed by atoms with Crippen molar-refractivity contribution in [3.63, 3.8) is 0 Å². The summed E-state index contributed by atoms with van der Waals surface area (Å²) in [5, 5.41) is 8.77. The second-order valence-corrected chi connectivity index (χ2v) is 6.27. The highest BCUT2D eigenvalue weighted by atomic mass is 32.2. The predicted octanol–water partition coefficient (Wildman–Crippen LogP) is 1.35. The average Bonchev–Trinajstić information content (AvgIpc) is 2.94. The van der Waals surface area contributed by atoms with Crippen LogP contribution >= 0.6 is 0 Å². The number of carboxylic acids is 1. The lowest BCUT2D eigenvalue weighted by Gasteiger charge is -2.13. The Morgan fingerprint density at radius 3 is 2.56 bits per heavy atom. The molecule has 0 saturated heterocycles. The summed E-state index contributed by atoms with van der Waals surface area (Å²) < 4.78 is 39.8. The van der Waals surface area contributed by atoms with E-state index < -0.39 is 32.2 Å². The predicted molar refractivity (Wildman–Crippen MR) is 61.3 cm³/mol. The van der Waals surface area contributed by atoms with Crippen LogP contribution in [0.5, 0.6) is 0 Å². The first kappa shape index (κ1) is 13.0. The highest BCUT2D eigenvalue weighted by Crippen LogP contribution is 2.36. The van der Waals surface area contributed by atoms with Crippen LogP contribution in [0.25, 0.3) is 0 Å². The summed E-state index contributed by atoms with van der Waals surface area (Å²) in [5.74, 6) is -2.26. The molecule has 0 radical (unpaired) electrons. The van der Waals surface area contributed by atoms with E-state index in [1.165, 1.54) is 0 Å². The highest BCUT2D eigenvalue weighted by Gasteiger charge is 2.41. The van der Waals surface area contributed by atoms with Gasteiger partial charge in [-0.25, -0.2) is 22.3 Å². The fourth-order valence-corrected chi connectivity index (χ4v) is 3.08. The second kappa shape index (κ2) is 4.03. The zero-order valence-corrected chi connectivity index (χ0v) is 10.4. The van der Waals surface area contributed by atoms with Gasteiger partial charge in [-0.3, -0.25) is 0 Å². The largest absolute Gasteiger partial charge is 0.478 e. The van der Waals surface area contributed by atoms with Crippen molar-refractivity contribution in [2.24, 2.45) is 0 Å². The lowest BCUT2D eigenvalue weighted by atomic mass is 10.2. The number of sulfonamides is 1. The maximum Gasteiger partial charge on any atom is 0.335 e. The third kappa shape index (κ3) is 2.51. The number of hydrogen-bond donors (Lipinski definition) is 2. The summed E-state index contributed by atoms with van der Waals surface area (Å²) in [6.45, 7) is 1.71. The normalized spacial score (nSPS) is 17.4. The number of halogens is 1. The molecule has 1 aliphatic carbocycles. The van der Waals surface area contributed by atoms with Gasteiger partial charge in [-0.2, -0.15) is 0 Å². The van der Waals surface area contributed by atoms with Gasteiger partial charge in [-0.15, -0.1) is 0 Å². The van der Waals surface area contributed by atoms with Crippen molar-refractivity contribution < 1.29 is 22.7 Å². The molecule has 0 unspecified atom stereocenters. The fourth-order valence-electron chi connectivity index (χ4n) is 1.51. The number of nitrogens with one attached hydrogen (secondary N) is 1. The van der Waals surface area contributed by atoms with Gasteiger partial charge in [0, 0.05) is 5.54 Å². The molecule has 1 aliphatic rings. The maximum absolute atomic E-state index is 13.5. The van der Waals surface area contributed by atoms with Crippen LogP contribution in [0.3, 0.4) is 0 Å². The fraction of sp³-hybridized carbons (Fsp3) is 0.364. The molecule has 1 aromatic rings. The summed E-state index contributed by atoms with van der Waals surface area (Å²) in [6, 6.07) is 2.69. The lowest BCUT2D eigenvalue weighted by Crippen LogP contribution is -2.34. The molecule has 2 N–H and O–H groups in total. The number of hydrogen-bond acceptors (Lipinski definition) is 3. The van der Waals surface area contributed by atoms with Gasteiger partial charge < -0.3 is 5.11 Å². The first-order valence-electron chi connectivity index (χ1n) is 5.30. The maximum atomic E-state index is 13.5. The Morgan fingerprint density at radius 1 is 1.44 bits per heavy atom. The molecular weight excluding hydrogens is 261 g/mol. The van der Waals surface area contributed by atoms with Crippen molar-refractivity contribution in [2.75, 3.05) is 0 Å². The Hall–Kier alpha value is -1.47. The van der Waals surface area contributed by atoms with E-state index in [2.05, 4.69) is 4.72 Å². The van der Waals surface area contributed by atoms with Crippen LogP contribution in [0.4, 0.5) is 4.39 Å². The van der Waals surface area contributed by atoms with E-state index in [1.807, 2.05) is 0 Å². The van der Waals surface area contributed by atoms with Gasteiger partial charge in [0.15, 0.2) is 0 Å². The number of benzene rings is 1. The van der Waals surface area contributed by atoms with Crippen molar-refractivity contribution in [2.45, 2.75) is 30.2 Å². The molecule has 0 spiro atoms. The first-order valence-corrected chi connectivity index (χ1v) is 6.79. The Bertz CT molecular complexity index is 607. The van der Waals surface area contributed by atoms with Crippen LogP contribution in [0, 0.1) is 5.82 Å². The van der Waals surface area contributed by atoms with Gasteiger partial charge in [-0.1, -0.05) is 0 Å². The molecule has 0 heterocycles. The van der Waals surface area contributed by atoms with Gasteiger partial charge >= 0.3 is 5.97 Å². The molecule has 0 aliphatic heterocycles. The van der Waals surface area contributed by atoms with Crippen molar-refractivity contribution >= 4 is 16.0 Å². The summed E-state index contributed by atoms with van der Waals surface area (Å²) in [5.41, 5.74) is -0.803. The van der Waals surface area contributed by atoms with Crippen LogP contribution < -0.4 is 4.72 Å². The summed E-state index contributed by atoms with van der Waals surface area (Å²) in [6.07, 6.45) is 1.37. The number of rotatable bonds is 4. The zero-order valence-electron chi connectivity index (χ0n) is 9.60. The number of carboxylic acid groups (broad SMARTS) is 1. The molecule has 0 aromatic heterocycles. The number of aromatic carboxylic acids is 1. The third-order valence-electron chi connectivity index (χ3n) is 2.85. The Kier molecular flexibility index (Phi) is 2.90. The zero-order chi connectivity index (χ0) is 13.6. The van der Waals surface area contributed by atoms with Gasteiger partial charge in [0.1, 0.15) is 10.7 Å². The van der Waals surface area contributed by atoms with E-state index in [0.717, 1.165) is 18.2 Å². The summed E-state index contributed by atoms with van der Waals surface area (Å²) in [4.78, 5) is 10.1. The molecule has 1 saturated carbocycles. The van der Waals surface area contributed by atoms with E-state index in [9.17, 15) is 17.6 Å². The minimum Gasteiger partial charge on any atom is -0.478 e. The van der Waals surface area contributed by atoms with E-state index in [4.69, 9.17) is 5.11 Å². The summed E-state index contributed by atoms with van der Waals surface area (Å²) in [7, 11) is -4.03. The topological polar surface area (TPSA) is 83.5 Å². The van der Waals surface area contributed by atoms with Gasteiger partial charge in [0.2, 0.25) is 10.0 Å². The van der Waals surface area contributed by atoms with E-state index in [0.29, 0.717) is 12.8 Å². The Balaban J connectivity index is 2.43. The van der Waals surface area contributed by atoms with Crippen molar-refractivity contribution in [3.8, 4) is 0 Å². The molecule has 98 valence electrons. The van der Waals surface area contributed by atoms with E-state index in [1.54, 1.807) is 6.92 Å². The molecule has 0 bridgehead atoms. The minimum atomic E-state index is -4.03. The van der Waals surface area contributed by atoms with Crippen molar-refractivity contribution in [1.82, 2.24) is 4.72 Å². The molecular formula is C11H12FNO4S. The van der Waals surface area contributed by atoms with Crippen molar-refractivity contribution in [1.29, 1.82) is 0 Å². The van der Waals surface area contributed by atoms with Gasteiger partial charge in [0.25, 0.3) is 0 Å². The lowest BCUT2D eigenvalue weighted by molar-refractivity contribution is 0.0696. The van der Waals surface area contributed by atoms with Crippen LogP contribution in [-0.2, 0) is 10.0 Å². The van der Waals surface area contributed by atoms with Crippen LogP contribution in [0.2, 0.25) is 0 Å². The SMILES string of the molecule is CC1(NS(=O)(=O)c2cc(C(=O)O)ccc2F)CC1. The summed E-state index contributed by atoms with van der Waals surface area (Å²) >= 11 is 0.